The van der Waals surface area contributed by atoms with Crippen molar-refractivity contribution in [3.63, 3.8) is 0 Å². The van der Waals surface area contributed by atoms with Crippen LogP contribution in [-0.4, -0.2) is 34.0 Å². The van der Waals surface area contributed by atoms with Gasteiger partial charge in [-0.25, -0.2) is 4.98 Å². The van der Waals surface area contributed by atoms with Gasteiger partial charge in [0.05, 0.1) is 12.1 Å². The van der Waals surface area contributed by atoms with Crippen molar-refractivity contribution in [2.75, 3.05) is 30.0 Å². The Bertz CT molecular complexity index is 854. The van der Waals surface area contributed by atoms with E-state index in [9.17, 15) is 0 Å². The fraction of sp³-hybridized carbons (Fsp3) is 0.222. The molecule has 0 radical (unpaired) electrons. The van der Waals surface area contributed by atoms with Crippen LogP contribution in [-0.2, 0) is 0 Å². The molecule has 0 unspecified atom stereocenters. The lowest BCUT2D eigenvalue weighted by Gasteiger charge is -2.12. The largest absolute Gasteiger partial charge is 0.395 e. The van der Waals surface area contributed by atoms with E-state index in [0.717, 1.165) is 22.2 Å². The zero-order chi connectivity index (χ0) is 16.9. The topological polar surface area (TPSA) is 84.1 Å². The lowest BCUT2D eigenvalue weighted by atomic mass is 10.0. The number of nitrogen functional groups attached to an aromatic ring is 1. The van der Waals surface area contributed by atoms with E-state index < -0.39 is 0 Å². The quantitative estimate of drug-likeness (QED) is 0.597. The molecule has 0 aliphatic rings. The first-order valence-electron chi connectivity index (χ1n) is 7.87. The summed E-state index contributed by atoms with van der Waals surface area (Å²) < 4.78 is 0. The number of hydrogen-bond acceptors (Lipinski definition) is 6. The molecular weight excluding hydrogens is 320 g/mol. The highest BCUT2D eigenvalue weighted by Gasteiger charge is 2.10. The fourth-order valence-electron chi connectivity index (χ4n) is 2.61. The van der Waals surface area contributed by atoms with Crippen molar-refractivity contribution < 1.29 is 5.11 Å². The number of aromatic nitrogens is 2. The third-order valence-electron chi connectivity index (χ3n) is 3.62. The second kappa shape index (κ2) is 7.51. The van der Waals surface area contributed by atoms with Gasteiger partial charge in [-0.15, -0.1) is 11.8 Å². The van der Waals surface area contributed by atoms with Crippen molar-refractivity contribution in [2.45, 2.75) is 11.8 Å². The Hall–Kier alpha value is -2.31. The Morgan fingerprint density at radius 2 is 2.00 bits per heavy atom. The van der Waals surface area contributed by atoms with Crippen LogP contribution >= 0.6 is 11.8 Å². The van der Waals surface area contributed by atoms with Crippen molar-refractivity contribution in [1.82, 2.24) is 9.97 Å². The van der Waals surface area contributed by atoms with E-state index in [1.807, 2.05) is 30.0 Å². The maximum absolute atomic E-state index is 9.00. The van der Waals surface area contributed by atoms with Gasteiger partial charge in [0, 0.05) is 16.8 Å². The Balaban J connectivity index is 2.09. The molecule has 0 atom stereocenters. The summed E-state index contributed by atoms with van der Waals surface area (Å²) in [7, 11) is 0. The molecule has 0 aliphatic carbocycles. The van der Waals surface area contributed by atoms with E-state index in [1.165, 1.54) is 10.5 Å². The van der Waals surface area contributed by atoms with E-state index in [-0.39, 0.29) is 12.6 Å². The van der Waals surface area contributed by atoms with Gasteiger partial charge < -0.3 is 16.2 Å². The van der Waals surface area contributed by atoms with E-state index >= 15 is 0 Å². The molecule has 0 aliphatic heterocycles. The highest BCUT2D eigenvalue weighted by molar-refractivity contribution is 7.99. The molecule has 3 rings (SSSR count). The molecule has 0 saturated carbocycles. The first-order chi connectivity index (χ1) is 11.7. The van der Waals surface area contributed by atoms with Crippen LogP contribution in [0.3, 0.4) is 0 Å². The van der Waals surface area contributed by atoms with Gasteiger partial charge in [-0.3, -0.25) is 0 Å². The van der Waals surface area contributed by atoms with Crippen molar-refractivity contribution in [1.29, 1.82) is 0 Å². The minimum absolute atomic E-state index is 0.0328. The molecular formula is C18H20N4OS. The van der Waals surface area contributed by atoms with Gasteiger partial charge in [0.1, 0.15) is 5.82 Å². The molecule has 0 saturated heterocycles. The summed E-state index contributed by atoms with van der Waals surface area (Å²) in [6.45, 7) is 2.60. The molecule has 1 heterocycles. The summed E-state index contributed by atoms with van der Waals surface area (Å²) >= 11 is 1.82. The number of thioether (sulfide) groups is 1. The second-order valence-electron chi connectivity index (χ2n) is 5.24. The molecule has 3 aromatic rings. The van der Waals surface area contributed by atoms with Crippen molar-refractivity contribution in [3.05, 3.63) is 42.5 Å². The summed E-state index contributed by atoms with van der Waals surface area (Å²) in [5, 5.41) is 13.0. The van der Waals surface area contributed by atoms with Crippen LogP contribution < -0.4 is 11.1 Å². The predicted octanol–water partition coefficient (Wildman–Crippen LogP) is 3.40. The van der Waals surface area contributed by atoms with Crippen molar-refractivity contribution in [2.24, 2.45) is 0 Å². The first-order valence-corrected chi connectivity index (χ1v) is 8.85. The lowest BCUT2D eigenvalue weighted by Crippen LogP contribution is -2.09. The minimum atomic E-state index is 0.0328. The smallest absolute Gasteiger partial charge is 0.222 e. The monoisotopic (exact) mass is 340 g/mol. The molecule has 5 nitrogen and oxygen atoms in total. The molecule has 0 spiro atoms. The van der Waals surface area contributed by atoms with Crippen LogP contribution in [0.1, 0.15) is 6.92 Å². The van der Waals surface area contributed by atoms with Crippen LogP contribution in [0, 0.1) is 0 Å². The van der Waals surface area contributed by atoms with Gasteiger partial charge in [0.25, 0.3) is 0 Å². The molecule has 1 aromatic heterocycles. The van der Waals surface area contributed by atoms with Gasteiger partial charge in [-0.2, -0.15) is 4.98 Å². The van der Waals surface area contributed by atoms with Gasteiger partial charge in [-0.05, 0) is 35.1 Å². The Morgan fingerprint density at radius 1 is 1.17 bits per heavy atom. The van der Waals surface area contributed by atoms with Gasteiger partial charge in [-0.1, -0.05) is 31.2 Å². The van der Waals surface area contributed by atoms with Gasteiger partial charge in [0.2, 0.25) is 5.95 Å². The summed E-state index contributed by atoms with van der Waals surface area (Å²) in [6, 6.07) is 14.5. The lowest BCUT2D eigenvalue weighted by molar-refractivity contribution is 0.311. The summed E-state index contributed by atoms with van der Waals surface area (Å²) in [4.78, 5) is 9.84. The number of anilines is 2. The molecule has 0 amide bonds. The third-order valence-corrected chi connectivity index (χ3v) is 4.57. The minimum Gasteiger partial charge on any atom is -0.395 e. The summed E-state index contributed by atoms with van der Waals surface area (Å²) in [5.74, 6) is 1.89. The molecule has 0 fully saturated rings. The molecule has 24 heavy (non-hydrogen) atoms. The Kier molecular flexibility index (Phi) is 5.17. The standard InChI is InChI=1S/C18H20N4OS/c1-2-24-16-6-4-3-5-13(16)12-7-8-14-15(11-12)21-18(19)22-17(14)20-9-10-23/h3-8,11,23H,2,9-10H2,1H3,(H3,19,20,21,22). The number of nitrogens with two attached hydrogens (primary N) is 1. The number of aliphatic hydroxyl groups excluding tert-OH is 1. The first kappa shape index (κ1) is 16.5. The maximum atomic E-state index is 9.00. The number of hydrogen-bond donors (Lipinski definition) is 3. The van der Waals surface area contributed by atoms with Gasteiger partial charge in [0.15, 0.2) is 0 Å². The molecule has 124 valence electrons. The van der Waals surface area contributed by atoms with Crippen LogP contribution in [0.4, 0.5) is 11.8 Å². The Labute approximate surface area is 145 Å². The number of rotatable bonds is 6. The number of aliphatic hydroxyl groups is 1. The zero-order valence-electron chi connectivity index (χ0n) is 13.5. The van der Waals surface area contributed by atoms with E-state index in [2.05, 4.69) is 46.5 Å². The molecule has 2 aromatic carbocycles. The predicted molar refractivity (Wildman–Crippen MR) is 101 cm³/mol. The highest BCUT2D eigenvalue weighted by atomic mass is 32.2. The summed E-state index contributed by atoms with van der Waals surface area (Å²) in [5.41, 5.74) is 8.91. The third kappa shape index (κ3) is 3.44. The van der Waals surface area contributed by atoms with Crippen molar-refractivity contribution in [3.8, 4) is 11.1 Å². The highest BCUT2D eigenvalue weighted by Crippen LogP contribution is 2.33. The number of fused-ring (bicyclic) bond motifs is 1. The molecule has 6 heteroatoms. The zero-order valence-corrected chi connectivity index (χ0v) is 14.3. The Morgan fingerprint density at radius 3 is 2.79 bits per heavy atom. The SMILES string of the molecule is CCSc1ccccc1-c1ccc2c(NCCO)nc(N)nc2c1. The van der Waals surface area contributed by atoms with E-state index in [4.69, 9.17) is 10.8 Å². The number of nitrogens with one attached hydrogen (secondary N) is 1. The normalized spacial score (nSPS) is 10.9. The second-order valence-corrected chi connectivity index (χ2v) is 6.55. The number of nitrogens with zero attached hydrogens (tertiary/aromatic N) is 2. The molecule has 0 bridgehead atoms. The van der Waals surface area contributed by atoms with Crippen molar-refractivity contribution >= 4 is 34.4 Å². The average molecular weight is 340 g/mol. The number of benzene rings is 2. The fourth-order valence-corrected chi connectivity index (χ4v) is 3.44. The summed E-state index contributed by atoms with van der Waals surface area (Å²) in [6.07, 6.45) is 0. The van der Waals surface area contributed by atoms with Crippen LogP contribution in [0.5, 0.6) is 0 Å². The van der Waals surface area contributed by atoms with Gasteiger partial charge >= 0.3 is 0 Å². The van der Waals surface area contributed by atoms with Crippen LogP contribution in [0.25, 0.3) is 22.0 Å². The van der Waals surface area contributed by atoms with E-state index in [0.29, 0.717) is 12.4 Å². The van der Waals surface area contributed by atoms with E-state index in [1.54, 1.807) is 0 Å². The van der Waals surface area contributed by atoms with Crippen LogP contribution in [0.2, 0.25) is 0 Å². The molecule has 4 N–H and O–H groups in total. The van der Waals surface area contributed by atoms with Crippen LogP contribution in [0.15, 0.2) is 47.4 Å². The maximum Gasteiger partial charge on any atom is 0.222 e. The average Bonchev–Trinajstić information content (AvgIpc) is 2.59.